The first kappa shape index (κ1) is 16.8. The molecule has 0 bridgehead atoms. The van der Waals surface area contributed by atoms with Crippen LogP contribution in [0.2, 0.25) is 5.02 Å². The van der Waals surface area contributed by atoms with Gasteiger partial charge in [0, 0.05) is 36.1 Å². The van der Waals surface area contributed by atoms with Gasteiger partial charge in [0.2, 0.25) is 5.91 Å². The second kappa shape index (κ2) is 8.76. The maximum Gasteiger partial charge on any atom is 0.251 e. The molecule has 120 valence electrons. The maximum absolute atomic E-state index is 11.8. The van der Waals surface area contributed by atoms with E-state index >= 15 is 0 Å². The van der Waals surface area contributed by atoms with E-state index in [1.165, 1.54) is 6.42 Å². The molecule has 22 heavy (non-hydrogen) atoms. The Balaban J connectivity index is 1.57. The van der Waals surface area contributed by atoms with Crippen LogP contribution in [0, 0.1) is 0 Å². The van der Waals surface area contributed by atoms with Crippen LogP contribution in [-0.4, -0.2) is 37.5 Å². The number of hydrogen-bond acceptors (Lipinski definition) is 3. The molecule has 1 unspecified atom stereocenters. The van der Waals surface area contributed by atoms with Gasteiger partial charge in [-0.1, -0.05) is 11.6 Å². The second-order valence-corrected chi connectivity index (χ2v) is 5.90. The highest BCUT2D eigenvalue weighted by molar-refractivity contribution is 6.30. The standard InChI is InChI=1S/C16H22ClN3O2/c17-13-7-5-12(6-8-13)16(22)19-10-2-4-15(21)20-11-14-3-1-9-18-14/h5-8,14,18H,1-4,9-11H2,(H,19,22)(H,20,21). The molecule has 0 radical (unpaired) electrons. The molecule has 1 saturated heterocycles. The summed E-state index contributed by atoms with van der Waals surface area (Å²) in [7, 11) is 0. The van der Waals surface area contributed by atoms with Crippen molar-refractivity contribution in [2.24, 2.45) is 0 Å². The summed E-state index contributed by atoms with van der Waals surface area (Å²) >= 11 is 5.77. The molecule has 2 rings (SSSR count). The number of carbonyl (C=O) groups excluding carboxylic acids is 2. The predicted molar refractivity (Wildman–Crippen MR) is 87.1 cm³/mol. The van der Waals surface area contributed by atoms with E-state index < -0.39 is 0 Å². The summed E-state index contributed by atoms with van der Waals surface area (Å²) in [6, 6.07) is 7.13. The predicted octanol–water partition coefficient (Wildman–Crippen LogP) is 1.72. The van der Waals surface area contributed by atoms with Crippen molar-refractivity contribution in [1.82, 2.24) is 16.0 Å². The Morgan fingerprint density at radius 1 is 1.23 bits per heavy atom. The zero-order valence-corrected chi connectivity index (χ0v) is 13.3. The molecule has 6 heteroatoms. The van der Waals surface area contributed by atoms with Crippen LogP contribution < -0.4 is 16.0 Å². The van der Waals surface area contributed by atoms with Crippen molar-refractivity contribution >= 4 is 23.4 Å². The van der Waals surface area contributed by atoms with Gasteiger partial charge in [0.1, 0.15) is 0 Å². The molecule has 1 aliphatic heterocycles. The van der Waals surface area contributed by atoms with Crippen LogP contribution in [0.25, 0.3) is 0 Å². The highest BCUT2D eigenvalue weighted by Gasteiger charge is 2.14. The fraction of sp³-hybridized carbons (Fsp3) is 0.500. The molecular weight excluding hydrogens is 302 g/mol. The average molecular weight is 324 g/mol. The summed E-state index contributed by atoms with van der Waals surface area (Å²) in [5, 5.41) is 9.66. The van der Waals surface area contributed by atoms with E-state index in [1.807, 2.05) is 0 Å². The third kappa shape index (κ3) is 5.66. The van der Waals surface area contributed by atoms with Crippen molar-refractivity contribution in [2.45, 2.75) is 31.7 Å². The Bertz CT molecular complexity index is 499. The summed E-state index contributed by atoms with van der Waals surface area (Å²) in [6.45, 7) is 2.21. The van der Waals surface area contributed by atoms with Crippen molar-refractivity contribution in [3.63, 3.8) is 0 Å². The smallest absolute Gasteiger partial charge is 0.251 e. The van der Waals surface area contributed by atoms with Crippen molar-refractivity contribution in [2.75, 3.05) is 19.6 Å². The van der Waals surface area contributed by atoms with E-state index in [1.54, 1.807) is 24.3 Å². The quantitative estimate of drug-likeness (QED) is 0.669. The Labute approximate surface area is 135 Å². The maximum atomic E-state index is 11.8. The lowest BCUT2D eigenvalue weighted by Crippen LogP contribution is -2.37. The van der Waals surface area contributed by atoms with Crippen LogP contribution in [0.4, 0.5) is 0 Å². The number of benzene rings is 1. The number of amides is 2. The Morgan fingerprint density at radius 3 is 2.68 bits per heavy atom. The highest BCUT2D eigenvalue weighted by Crippen LogP contribution is 2.09. The normalized spacial score (nSPS) is 17.2. The van der Waals surface area contributed by atoms with Crippen LogP contribution in [0.5, 0.6) is 0 Å². The first-order valence-electron chi connectivity index (χ1n) is 7.69. The van der Waals surface area contributed by atoms with E-state index in [-0.39, 0.29) is 11.8 Å². The van der Waals surface area contributed by atoms with Gasteiger partial charge in [-0.25, -0.2) is 0 Å². The fourth-order valence-electron chi connectivity index (χ4n) is 2.41. The number of hydrogen-bond donors (Lipinski definition) is 3. The van der Waals surface area contributed by atoms with E-state index in [4.69, 9.17) is 11.6 Å². The first-order valence-corrected chi connectivity index (χ1v) is 8.07. The molecule has 1 atom stereocenters. The third-order valence-corrected chi connectivity index (χ3v) is 3.93. The lowest BCUT2D eigenvalue weighted by Gasteiger charge is -2.11. The molecular formula is C16H22ClN3O2. The van der Waals surface area contributed by atoms with Gasteiger partial charge in [-0.2, -0.15) is 0 Å². The summed E-state index contributed by atoms with van der Waals surface area (Å²) < 4.78 is 0. The van der Waals surface area contributed by atoms with Crippen LogP contribution in [0.3, 0.4) is 0 Å². The zero-order valence-electron chi connectivity index (χ0n) is 12.5. The largest absolute Gasteiger partial charge is 0.355 e. The van der Waals surface area contributed by atoms with Gasteiger partial charge >= 0.3 is 0 Å². The van der Waals surface area contributed by atoms with Gasteiger partial charge in [0.25, 0.3) is 5.91 Å². The lowest BCUT2D eigenvalue weighted by molar-refractivity contribution is -0.121. The SMILES string of the molecule is O=C(CCCNC(=O)c1ccc(Cl)cc1)NCC1CCCN1. The molecule has 1 aromatic carbocycles. The van der Waals surface area contributed by atoms with Crippen LogP contribution in [0.1, 0.15) is 36.0 Å². The summed E-state index contributed by atoms with van der Waals surface area (Å²) in [5.41, 5.74) is 0.571. The molecule has 1 aliphatic rings. The van der Waals surface area contributed by atoms with Crippen molar-refractivity contribution in [3.05, 3.63) is 34.9 Å². The minimum absolute atomic E-state index is 0.0365. The minimum atomic E-state index is -0.146. The molecule has 2 amide bonds. The second-order valence-electron chi connectivity index (χ2n) is 5.46. The number of nitrogens with one attached hydrogen (secondary N) is 3. The molecule has 0 aliphatic carbocycles. The van der Waals surface area contributed by atoms with Gasteiger partial charge in [-0.15, -0.1) is 0 Å². The van der Waals surface area contributed by atoms with Crippen molar-refractivity contribution in [1.29, 1.82) is 0 Å². The van der Waals surface area contributed by atoms with Crippen LogP contribution >= 0.6 is 11.6 Å². The molecule has 5 nitrogen and oxygen atoms in total. The fourth-order valence-corrected chi connectivity index (χ4v) is 2.54. The van der Waals surface area contributed by atoms with Gasteiger partial charge in [-0.05, 0) is 50.1 Å². The summed E-state index contributed by atoms with van der Waals surface area (Å²) in [5.74, 6) is -0.110. The molecule has 1 aromatic rings. The van der Waals surface area contributed by atoms with E-state index in [2.05, 4.69) is 16.0 Å². The van der Waals surface area contributed by atoms with E-state index in [0.29, 0.717) is 42.6 Å². The van der Waals surface area contributed by atoms with Crippen molar-refractivity contribution < 1.29 is 9.59 Å². The van der Waals surface area contributed by atoms with Gasteiger partial charge in [0.05, 0.1) is 0 Å². The monoisotopic (exact) mass is 323 g/mol. The van der Waals surface area contributed by atoms with Crippen LogP contribution in [-0.2, 0) is 4.79 Å². The van der Waals surface area contributed by atoms with E-state index in [9.17, 15) is 9.59 Å². The van der Waals surface area contributed by atoms with Crippen molar-refractivity contribution in [3.8, 4) is 0 Å². The zero-order chi connectivity index (χ0) is 15.8. The lowest BCUT2D eigenvalue weighted by atomic mass is 10.2. The Morgan fingerprint density at radius 2 is 2.00 bits per heavy atom. The highest BCUT2D eigenvalue weighted by atomic mass is 35.5. The number of rotatable bonds is 7. The molecule has 0 spiro atoms. The Kier molecular flexibility index (Phi) is 6.68. The molecule has 1 fully saturated rings. The molecule has 0 aromatic heterocycles. The van der Waals surface area contributed by atoms with Crippen LogP contribution in [0.15, 0.2) is 24.3 Å². The summed E-state index contributed by atoms with van der Waals surface area (Å²) in [4.78, 5) is 23.5. The van der Waals surface area contributed by atoms with Gasteiger partial charge in [-0.3, -0.25) is 9.59 Å². The van der Waals surface area contributed by atoms with Gasteiger partial charge < -0.3 is 16.0 Å². The molecule has 3 N–H and O–H groups in total. The number of carbonyl (C=O) groups is 2. The van der Waals surface area contributed by atoms with E-state index in [0.717, 1.165) is 13.0 Å². The average Bonchev–Trinajstić information content (AvgIpc) is 3.03. The Hall–Kier alpha value is -1.59. The topological polar surface area (TPSA) is 70.2 Å². The number of halogens is 1. The van der Waals surface area contributed by atoms with Gasteiger partial charge in [0.15, 0.2) is 0 Å². The summed E-state index contributed by atoms with van der Waals surface area (Å²) in [6.07, 6.45) is 3.35. The first-order chi connectivity index (χ1) is 10.6. The molecule has 1 heterocycles. The third-order valence-electron chi connectivity index (χ3n) is 3.68. The minimum Gasteiger partial charge on any atom is -0.355 e. The molecule has 0 saturated carbocycles.